The van der Waals surface area contributed by atoms with Crippen LogP contribution in [0.3, 0.4) is 0 Å². The van der Waals surface area contributed by atoms with E-state index in [-0.39, 0.29) is 11.7 Å². The molecule has 1 aliphatic rings. The molecule has 3 rings (SSSR count). The van der Waals surface area contributed by atoms with Crippen LogP contribution in [-0.4, -0.2) is 12.3 Å². The van der Waals surface area contributed by atoms with Crippen LogP contribution in [0.15, 0.2) is 48.5 Å². The summed E-state index contributed by atoms with van der Waals surface area (Å²) in [4.78, 5) is 12.5. The topological polar surface area (TPSA) is 29.1 Å². The largest absolute Gasteiger partial charge is 0.384 e. The highest BCUT2D eigenvalue weighted by Crippen LogP contribution is 2.34. The van der Waals surface area contributed by atoms with Gasteiger partial charge in [0.15, 0.2) is 5.78 Å². The van der Waals surface area contributed by atoms with Gasteiger partial charge in [-0.2, -0.15) is 0 Å². The molecule has 18 heavy (non-hydrogen) atoms. The Labute approximate surface area is 111 Å². The molecular formula is C15H12ClNO. The van der Waals surface area contributed by atoms with Crippen molar-refractivity contribution in [3.63, 3.8) is 0 Å². The number of para-hydroxylation sites is 1. The first kappa shape index (κ1) is 11.3. The second-order valence-corrected chi connectivity index (χ2v) is 4.77. The van der Waals surface area contributed by atoms with Gasteiger partial charge < -0.3 is 5.32 Å². The van der Waals surface area contributed by atoms with Gasteiger partial charge in [-0.1, -0.05) is 41.9 Å². The number of carbonyl (C=O) groups is 1. The summed E-state index contributed by atoms with van der Waals surface area (Å²) in [6.07, 6.45) is 0. The predicted molar refractivity (Wildman–Crippen MR) is 73.5 cm³/mol. The van der Waals surface area contributed by atoms with E-state index in [0.29, 0.717) is 17.1 Å². The van der Waals surface area contributed by atoms with Crippen LogP contribution in [0.25, 0.3) is 0 Å². The third-order valence-corrected chi connectivity index (χ3v) is 3.62. The van der Waals surface area contributed by atoms with Crippen molar-refractivity contribution in [1.82, 2.24) is 0 Å². The van der Waals surface area contributed by atoms with E-state index in [0.717, 1.165) is 11.3 Å². The zero-order valence-electron chi connectivity index (χ0n) is 9.69. The summed E-state index contributed by atoms with van der Waals surface area (Å²) in [6.45, 7) is 0.642. The van der Waals surface area contributed by atoms with Gasteiger partial charge >= 0.3 is 0 Å². The summed E-state index contributed by atoms with van der Waals surface area (Å²) in [5.41, 5.74) is 2.70. The van der Waals surface area contributed by atoms with Crippen molar-refractivity contribution in [3.8, 4) is 0 Å². The first-order valence-electron chi connectivity index (χ1n) is 5.89. The molecule has 0 saturated heterocycles. The highest BCUT2D eigenvalue weighted by molar-refractivity contribution is 6.34. The average molecular weight is 258 g/mol. The number of rotatable bonds is 2. The summed E-state index contributed by atoms with van der Waals surface area (Å²) in [7, 11) is 0. The zero-order valence-corrected chi connectivity index (χ0v) is 10.4. The smallest absolute Gasteiger partial charge is 0.173 e. The Hall–Kier alpha value is -1.80. The minimum atomic E-state index is -0.138. The lowest BCUT2D eigenvalue weighted by Gasteiger charge is -2.10. The van der Waals surface area contributed by atoms with E-state index in [9.17, 15) is 4.79 Å². The van der Waals surface area contributed by atoms with Gasteiger partial charge in [0.1, 0.15) is 0 Å². The maximum Gasteiger partial charge on any atom is 0.173 e. The molecule has 2 nitrogen and oxygen atoms in total. The molecule has 0 spiro atoms. The number of nitrogens with one attached hydrogen (secondary N) is 1. The monoisotopic (exact) mass is 257 g/mol. The summed E-state index contributed by atoms with van der Waals surface area (Å²) < 4.78 is 0. The van der Waals surface area contributed by atoms with Gasteiger partial charge in [0, 0.05) is 17.8 Å². The number of benzene rings is 2. The molecule has 0 radical (unpaired) electrons. The fourth-order valence-electron chi connectivity index (χ4n) is 2.37. The number of carbonyl (C=O) groups excluding carboxylic acids is 1. The third kappa shape index (κ3) is 1.79. The maximum atomic E-state index is 12.5. The zero-order chi connectivity index (χ0) is 12.5. The summed E-state index contributed by atoms with van der Waals surface area (Å²) >= 11 is 6.08. The Morgan fingerprint density at radius 1 is 1.11 bits per heavy atom. The Kier molecular flexibility index (Phi) is 2.80. The molecular weight excluding hydrogens is 246 g/mol. The number of fused-ring (bicyclic) bond motifs is 1. The molecule has 0 saturated carbocycles. The minimum Gasteiger partial charge on any atom is -0.384 e. The Morgan fingerprint density at radius 2 is 1.83 bits per heavy atom. The SMILES string of the molecule is O=C(c1ccccc1Cl)C1CNc2ccccc21. The molecule has 1 N–H and O–H groups in total. The molecule has 0 amide bonds. The van der Waals surface area contributed by atoms with Crippen molar-refractivity contribution >= 4 is 23.1 Å². The fourth-order valence-corrected chi connectivity index (χ4v) is 2.60. The number of ketones is 1. The fraction of sp³-hybridized carbons (Fsp3) is 0.133. The van der Waals surface area contributed by atoms with Gasteiger partial charge in [-0.25, -0.2) is 0 Å². The first-order chi connectivity index (χ1) is 8.77. The normalized spacial score (nSPS) is 17.1. The standard InChI is InChI=1S/C15H12ClNO/c16-13-7-3-1-6-11(13)15(18)12-9-17-14-8-4-2-5-10(12)14/h1-8,12,17H,9H2. The van der Waals surface area contributed by atoms with Gasteiger partial charge in [0.2, 0.25) is 0 Å². The van der Waals surface area contributed by atoms with Gasteiger partial charge in [-0.3, -0.25) is 4.79 Å². The lowest BCUT2D eigenvalue weighted by molar-refractivity contribution is 0.0966. The van der Waals surface area contributed by atoms with Crippen LogP contribution in [0.5, 0.6) is 0 Å². The van der Waals surface area contributed by atoms with Crippen molar-refractivity contribution in [2.45, 2.75) is 5.92 Å². The van der Waals surface area contributed by atoms with Gasteiger partial charge in [-0.15, -0.1) is 0 Å². The molecule has 0 aliphatic carbocycles. The Bertz CT molecular complexity index is 609. The molecule has 3 heteroatoms. The van der Waals surface area contributed by atoms with Crippen LogP contribution in [0.1, 0.15) is 21.8 Å². The number of anilines is 1. The number of hydrogen-bond donors (Lipinski definition) is 1. The number of Topliss-reactive ketones (excluding diaryl/α,β-unsaturated/α-hetero) is 1. The lowest BCUT2D eigenvalue weighted by atomic mass is 9.92. The highest BCUT2D eigenvalue weighted by Gasteiger charge is 2.29. The van der Waals surface area contributed by atoms with Crippen molar-refractivity contribution in [2.75, 3.05) is 11.9 Å². The second kappa shape index (κ2) is 4.46. The van der Waals surface area contributed by atoms with Crippen LogP contribution in [-0.2, 0) is 0 Å². The van der Waals surface area contributed by atoms with E-state index < -0.39 is 0 Å². The second-order valence-electron chi connectivity index (χ2n) is 4.36. The molecule has 1 aliphatic heterocycles. The molecule has 90 valence electrons. The van der Waals surface area contributed by atoms with E-state index in [1.165, 1.54) is 0 Å². The Balaban J connectivity index is 1.99. The summed E-state index contributed by atoms with van der Waals surface area (Å²) in [6, 6.07) is 15.1. The summed E-state index contributed by atoms with van der Waals surface area (Å²) in [5.74, 6) is -0.0563. The van der Waals surface area contributed by atoms with Gasteiger partial charge in [0.05, 0.1) is 10.9 Å². The Morgan fingerprint density at radius 3 is 2.67 bits per heavy atom. The van der Waals surface area contributed by atoms with Crippen molar-refractivity contribution in [2.24, 2.45) is 0 Å². The predicted octanol–water partition coefficient (Wildman–Crippen LogP) is 3.73. The molecule has 1 unspecified atom stereocenters. The molecule has 0 bridgehead atoms. The molecule has 1 heterocycles. The van der Waals surface area contributed by atoms with Gasteiger partial charge in [0.25, 0.3) is 0 Å². The maximum absolute atomic E-state index is 12.5. The van der Waals surface area contributed by atoms with Crippen molar-refractivity contribution in [1.29, 1.82) is 0 Å². The molecule has 2 aromatic rings. The van der Waals surface area contributed by atoms with E-state index >= 15 is 0 Å². The third-order valence-electron chi connectivity index (χ3n) is 3.29. The van der Waals surface area contributed by atoms with E-state index in [1.807, 2.05) is 36.4 Å². The van der Waals surface area contributed by atoms with E-state index in [4.69, 9.17) is 11.6 Å². The molecule has 0 aromatic heterocycles. The highest BCUT2D eigenvalue weighted by atomic mass is 35.5. The van der Waals surface area contributed by atoms with Crippen LogP contribution < -0.4 is 5.32 Å². The molecule has 2 aromatic carbocycles. The van der Waals surface area contributed by atoms with Crippen LogP contribution in [0.2, 0.25) is 5.02 Å². The molecule has 0 fully saturated rings. The van der Waals surface area contributed by atoms with Crippen LogP contribution >= 0.6 is 11.6 Å². The number of hydrogen-bond acceptors (Lipinski definition) is 2. The van der Waals surface area contributed by atoms with Crippen LogP contribution in [0.4, 0.5) is 5.69 Å². The van der Waals surface area contributed by atoms with Crippen molar-refractivity contribution in [3.05, 3.63) is 64.7 Å². The van der Waals surface area contributed by atoms with E-state index in [2.05, 4.69) is 5.32 Å². The van der Waals surface area contributed by atoms with Crippen LogP contribution in [0, 0.1) is 0 Å². The number of halogens is 1. The minimum absolute atomic E-state index is 0.0815. The van der Waals surface area contributed by atoms with Gasteiger partial charge in [-0.05, 0) is 23.8 Å². The quantitative estimate of drug-likeness (QED) is 0.831. The van der Waals surface area contributed by atoms with E-state index in [1.54, 1.807) is 12.1 Å². The summed E-state index contributed by atoms with van der Waals surface area (Å²) in [5, 5.41) is 3.78. The van der Waals surface area contributed by atoms with Crippen molar-refractivity contribution < 1.29 is 4.79 Å². The first-order valence-corrected chi connectivity index (χ1v) is 6.26. The lowest BCUT2D eigenvalue weighted by Crippen LogP contribution is -2.15. The average Bonchev–Trinajstić information content (AvgIpc) is 2.82. The molecule has 1 atom stereocenters.